The normalized spacial score (nSPS) is 12.6. The average molecular weight is 168 g/mol. The van der Waals surface area contributed by atoms with Crippen LogP contribution >= 0.6 is 0 Å². The molecule has 12 heavy (non-hydrogen) atoms. The lowest BCUT2D eigenvalue weighted by Gasteiger charge is -2.08. The summed E-state index contributed by atoms with van der Waals surface area (Å²) in [6, 6.07) is 7.51. The first kappa shape index (κ1) is 9.04. The summed E-state index contributed by atoms with van der Waals surface area (Å²) in [6.07, 6.45) is 0. The van der Waals surface area contributed by atoms with Crippen LogP contribution in [0.4, 0.5) is 4.39 Å². The summed E-state index contributed by atoms with van der Waals surface area (Å²) in [7, 11) is 1.61. The molecule has 0 radical (unpaired) electrons. The first-order valence-electron chi connectivity index (χ1n) is 3.98. The van der Waals surface area contributed by atoms with Crippen molar-refractivity contribution in [1.29, 1.82) is 0 Å². The van der Waals surface area contributed by atoms with Crippen LogP contribution in [0.15, 0.2) is 24.3 Å². The van der Waals surface area contributed by atoms with Gasteiger partial charge in [-0.1, -0.05) is 19.1 Å². The standard InChI is InChI=1S/C10H13FO/c1-8(7-11)9-4-3-5-10(6-9)12-2/h3-6,8H,7H2,1-2H3. The van der Waals surface area contributed by atoms with Crippen molar-refractivity contribution in [2.24, 2.45) is 0 Å². The zero-order chi connectivity index (χ0) is 8.97. The van der Waals surface area contributed by atoms with E-state index in [1.165, 1.54) is 0 Å². The van der Waals surface area contributed by atoms with Gasteiger partial charge in [-0.3, -0.25) is 4.39 Å². The van der Waals surface area contributed by atoms with E-state index in [0.29, 0.717) is 0 Å². The Labute approximate surface area is 72.2 Å². The van der Waals surface area contributed by atoms with Crippen LogP contribution in [0.25, 0.3) is 0 Å². The third-order valence-electron chi connectivity index (χ3n) is 1.89. The lowest BCUT2D eigenvalue weighted by molar-refractivity contribution is 0.411. The largest absolute Gasteiger partial charge is 0.497 e. The first-order chi connectivity index (χ1) is 5.77. The summed E-state index contributed by atoms with van der Waals surface area (Å²) in [4.78, 5) is 0. The molecular weight excluding hydrogens is 155 g/mol. The monoisotopic (exact) mass is 168 g/mol. The van der Waals surface area contributed by atoms with Gasteiger partial charge in [-0.25, -0.2) is 0 Å². The molecule has 1 atom stereocenters. The van der Waals surface area contributed by atoms with Crippen LogP contribution in [-0.2, 0) is 0 Å². The van der Waals surface area contributed by atoms with Gasteiger partial charge in [0.05, 0.1) is 13.8 Å². The molecule has 0 spiro atoms. The Morgan fingerprint density at radius 1 is 1.50 bits per heavy atom. The number of halogens is 1. The fourth-order valence-corrected chi connectivity index (χ4v) is 1.04. The summed E-state index contributed by atoms with van der Waals surface area (Å²) in [6.45, 7) is 1.53. The molecule has 0 aliphatic carbocycles. The molecular formula is C10H13FO. The van der Waals surface area contributed by atoms with Crippen molar-refractivity contribution in [3.63, 3.8) is 0 Å². The summed E-state index contributed by atoms with van der Waals surface area (Å²) in [5.74, 6) is 0.743. The van der Waals surface area contributed by atoms with Crippen molar-refractivity contribution in [3.05, 3.63) is 29.8 Å². The summed E-state index contributed by atoms with van der Waals surface area (Å²) in [5, 5.41) is 0. The molecule has 1 aromatic carbocycles. The third-order valence-corrected chi connectivity index (χ3v) is 1.89. The van der Waals surface area contributed by atoms with Crippen molar-refractivity contribution in [2.75, 3.05) is 13.8 Å². The molecule has 0 N–H and O–H groups in total. The van der Waals surface area contributed by atoms with Gasteiger partial charge >= 0.3 is 0 Å². The molecule has 0 saturated heterocycles. The first-order valence-corrected chi connectivity index (χ1v) is 3.98. The van der Waals surface area contributed by atoms with E-state index in [1.807, 2.05) is 31.2 Å². The van der Waals surface area contributed by atoms with Gasteiger partial charge in [0, 0.05) is 5.92 Å². The second-order valence-corrected chi connectivity index (χ2v) is 2.83. The number of hydrogen-bond acceptors (Lipinski definition) is 1. The number of rotatable bonds is 3. The van der Waals surface area contributed by atoms with Crippen molar-refractivity contribution in [1.82, 2.24) is 0 Å². The summed E-state index contributed by atoms with van der Waals surface area (Å²) >= 11 is 0. The number of hydrogen-bond donors (Lipinski definition) is 0. The molecule has 1 rings (SSSR count). The Morgan fingerprint density at radius 2 is 2.25 bits per heavy atom. The molecule has 0 fully saturated rings. The quantitative estimate of drug-likeness (QED) is 0.674. The molecule has 0 amide bonds. The molecule has 1 unspecified atom stereocenters. The van der Waals surface area contributed by atoms with Crippen molar-refractivity contribution < 1.29 is 9.13 Å². The van der Waals surface area contributed by atoms with Gasteiger partial charge in [0.2, 0.25) is 0 Å². The molecule has 0 saturated carbocycles. The lowest BCUT2D eigenvalue weighted by atomic mass is 10.0. The van der Waals surface area contributed by atoms with E-state index in [-0.39, 0.29) is 12.6 Å². The maximum absolute atomic E-state index is 12.3. The van der Waals surface area contributed by atoms with E-state index in [2.05, 4.69) is 0 Å². The van der Waals surface area contributed by atoms with Crippen molar-refractivity contribution >= 4 is 0 Å². The van der Waals surface area contributed by atoms with Crippen LogP contribution in [0.5, 0.6) is 5.75 Å². The highest BCUT2D eigenvalue weighted by molar-refractivity contribution is 5.30. The van der Waals surface area contributed by atoms with E-state index in [9.17, 15) is 4.39 Å². The second-order valence-electron chi connectivity index (χ2n) is 2.83. The molecule has 66 valence electrons. The van der Waals surface area contributed by atoms with Crippen LogP contribution in [0.2, 0.25) is 0 Å². The molecule has 0 aliphatic rings. The Balaban J connectivity index is 2.86. The highest BCUT2D eigenvalue weighted by Gasteiger charge is 2.04. The van der Waals surface area contributed by atoms with Crippen molar-refractivity contribution in [2.45, 2.75) is 12.8 Å². The highest BCUT2D eigenvalue weighted by atomic mass is 19.1. The number of benzene rings is 1. The van der Waals surface area contributed by atoms with E-state index >= 15 is 0 Å². The van der Waals surface area contributed by atoms with Gasteiger partial charge in [-0.05, 0) is 17.7 Å². The summed E-state index contributed by atoms with van der Waals surface area (Å²) in [5.41, 5.74) is 0.983. The van der Waals surface area contributed by atoms with E-state index in [4.69, 9.17) is 4.74 Å². The van der Waals surface area contributed by atoms with Gasteiger partial charge in [-0.2, -0.15) is 0 Å². The van der Waals surface area contributed by atoms with Gasteiger partial charge < -0.3 is 4.74 Å². The van der Waals surface area contributed by atoms with Crippen LogP contribution in [-0.4, -0.2) is 13.8 Å². The average Bonchev–Trinajstić information content (AvgIpc) is 2.17. The minimum absolute atomic E-state index is 0.0416. The zero-order valence-corrected chi connectivity index (χ0v) is 7.38. The van der Waals surface area contributed by atoms with Crippen LogP contribution in [0.3, 0.4) is 0 Å². The predicted octanol–water partition coefficient (Wildman–Crippen LogP) is 2.77. The Hall–Kier alpha value is -1.05. The molecule has 1 nitrogen and oxygen atoms in total. The molecule has 0 aromatic heterocycles. The fourth-order valence-electron chi connectivity index (χ4n) is 1.04. The maximum atomic E-state index is 12.3. The molecule has 2 heteroatoms. The van der Waals surface area contributed by atoms with E-state index in [0.717, 1.165) is 11.3 Å². The highest BCUT2D eigenvalue weighted by Crippen LogP contribution is 2.20. The van der Waals surface area contributed by atoms with Crippen LogP contribution in [0, 0.1) is 0 Å². The van der Waals surface area contributed by atoms with Crippen LogP contribution < -0.4 is 4.74 Å². The number of ether oxygens (including phenoxy) is 1. The second kappa shape index (κ2) is 4.10. The Kier molecular flexibility index (Phi) is 3.09. The van der Waals surface area contributed by atoms with E-state index in [1.54, 1.807) is 7.11 Å². The lowest BCUT2D eigenvalue weighted by Crippen LogP contribution is -1.95. The smallest absolute Gasteiger partial charge is 0.119 e. The predicted molar refractivity (Wildman–Crippen MR) is 47.4 cm³/mol. The number of alkyl halides is 1. The van der Waals surface area contributed by atoms with Gasteiger partial charge in [0.25, 0.3) is 0 Å². The maximum Gasteiger partial charge on any atom is 0.119 e. The van der Waals surface area contributed by atoms with Gasteiger partial charge in [0.1, 0.15) is 5.75 Å². The zero-order valence-electron chi connectivity index (χ0n) is 7.38. The SMILES string of the molecule is COc1cccc(C(C)CF)c1. The van der Waals surface area contributed by atoms with Gasteiger partial charge in [0.15, 0.2) is 0 Å². The minimum Gasteiger partial charge on any atom is -0.497 e. The van der Waals surface area contributed by atoms with Crippen molar-refractivity contribution in [3.8, 4) is 5.75 Å². The summed E-state index contributed by atoms with van der Waals surface area (Å²) < 4.78 is 17.3. The minimum atomic E-state index is -0.326. The Morgan fingerprint density at radius 3 is 2.83 bits per heavy atom. The number of methoxy groups -OCH3 is 1. The van der Waals surface area contributed by atoms with Crippen LogP contribution in [0.1, 0.15) is 18.4 Å². The molecule has 0 bridgehead atoms. The topological polar surface area (TPSA) is 9.23 Å². The molecule has 0 aliphatic heterocycles. The Bertz CT molecular complexity index is 247. The molecule has 1 aromatic rings. The fraction of sp³-hybridized carbons (Fsp3) is 0.400. The third kappa shape index (κ3) is 1.97. The molecule has 0 heterocycles. The van der Waals surface area contributed by atoms with E-state index < -0.39 is 0 Å². The van der Waals surface area contributed by atoms with Gasteiger partial charge in [-0.15, -0.1) is 0 Å².